The molecule has 1 aliphatic rings. The van der Waals surface area contributed by atoms with Gasteiger partial charge in [-0.2, -0.15) is 0 Å². The molecule has 0 fully saturated rings. The molecule has 0 bridgehead atoms. The number of carbonyl (C=O) groups is 1. The number of fused-ring (bicyclic) bond motifs is 3. The van der Waals surface area contributed by atoms with Gasteiger partial charge in [0, 0.05) is 36.6 Å². The smallest absolute Gasteiger partial charge is 0.253 e. The van der Waals surface area contributed by atoms with Crippen molar-refractivity contribution in [3.63, 3.8) is 0 Å². The van der Waals surface area contributed by atoms with Crippen molar-refractivity contribution in [2.24, 2.45) is 0 Å². The second kappa shape index (κ2) is 8.03. The Kier molecular flexibility index (Phi) is 5.30. The van der Waals surface area contributed by atoms with Crippen LogP contribution in [0.15, 0.2) is 60.8 Å². The zero-order chi connectivity index (χ0) is 20.4. The fraction of sp³-hybridized carbons (Fsp3) is 0.292. The maximum atomic E-state index is 12.9. The van der Waals surface area contributed by atoms with E-state index >= 15 is 0 Å². The third kappa shape index (κ3) is 3.73. The lowest BCUT2D eigenvalue weighted by Crippen LogP contribution is -2.34. The number of nitrogens with zero attached hydrogens (tertiary/aromatic N) is 2. The average molecular weight is 389 g/mol. The van der Waals surface area contributed by atoms with E-state index in [9.17, 15) is 4.79 Å². The van der Waals surface area contributed by atoms with E-state index in [1.54, 1.807) is 7.11 Å². The first-order chi connectivity index (χ1) is 14.1. The van der Waals surface area contributed by atoms with Gasteiger partial charge in [0.15, 0.2) is 0 Å². The van der Waals surface area contributed by atoms with Crippen LogP contribution in [-0.4, -0.2) is 35.6 Å². The topological polar surface area (TPSA) is 46.5 Å². The Morgan fingerprint density at radius 1 is 1.17 bits per heavy atom. The van der Waals surface area contributed by atoms with E-state index in [-0.39, 0.29) is 11.9 Å². The fourth-order valence-electron chi connectivity index (χ4n) is 3.91. The molecule has 2 aromatic carbocycles. The molecule has 1 unspecified atom stereocenters. The molecule has 1 N–H and O–H groups in total. The van der Waals surface area contributed by atoms with Gasteiger partial charge < -0.3 is 19.5 Å². The van der Waals surface area contributed by atoms with E-state index in [0.717, 1.165) is 34.7 Å². The molecule has 29 heavy (non-hydrogen) atoms. The summed E-state index contributed by atoms with van der Waals surface area (Å²) in [7, 11) is 1.68. The van der Waals surface area contributed by atoms with E-state index < -0.39 is 0 Å². The molecule has 1 aliphatic heterocycles. The number of ether oxygens (including phenoxy) is 1. The number of aromatic nitrogens is 1. The lowest BCUT2D eigenvalue weighted by Gasteiger charge is -2.31. The summed E-state index contributed by atoms with van der Waals surface area (Å²) < 4.78 is 7.60. The highest BCUT2D eigenvalue weighted by molar-refractivity contribution is 5.94. The first-order valence-electron chi connectivity index (χ1n) is 10.1. The van der Waals surface area contributed by atoms with E-state index in [4.69, 9.17) is 4.74 Å². The maximum Gasteiger partial charge on any atom is 0.253 e. The summed E-state index contributed by atoms with van der Waals surface area (Å²) in [6, 6.07) is 18.2. The van der Waals surface area contributed by atoms with Crippen molar-refractivity contribution in [3.05, 3.63) is 77.6 Å². The van der Waals surface area contributed by atoms with Gasteiger partial charge >= 0.3 is 0 Å². The number of rotatable bonds is 6. The molecule has 0 saturated carbocycles. The molecule has 0 aliphatic carbocycles. The van der Waals surface area contributed by atoms with Crippen molar-refractivity contribution < 1.29 is 9.53 Å². The van der Waals surface area contributed by atoms with E-state index in [0.29, 0.717) is 13.1 Å². The number of amides is 1. The van der Waals surface area contributed by atoms with Crippen LogP contribution in [0.2, 0.25) is 0 Å². The van der Waals surface area contributed by atoms with Crippen LogP contribution in [0.25, 0.3) is 5.69 Å². The Morgan fingerprint density at radius 3 is 2.69 bits per heavy atom. The van der Waals surface area contributed by atoms with Crippen LogP contribution in [0, 0.1) is 6.92 Å². The Balaban J connectivity index is 1.52. The van der Waals surface area contributed by atoms with Gasteiger partial charge in [0.25, 0.3) is 5.91 Å². The zero-order valence-corrected chi connectivity index (χ0v) is 17.2. The highest BCUT2D eigenvalue weighted by Gasteiger charge is 2.25. The second-order valence-corrected chi connectivity index (χ2v) is 7.42. The molecule has 3 aromatic rings. The number of benzene rings is 2. The molecule has 1 aromatic heterocycles. The Morgan fingerprint density at radius 2 is 1.97 bits per heavy atom. The van der Waals surface area contributed by atoms with Crippen LogP contribution in [0.5, 0.6) is 5.75 Å². The van der Waals surface area contributed by atoms with Gasteiger partial charge in [-0.3, -0.25) is 4.79 Å². The van der Waals surface area contributed by atoms with Crippen molar-refractivity contribution in [3.8, 4) is 11.4 Å². The number of hydrogen-bond acceptors (Lipinski definition) is 3. The molecule has 0 radical (unpaired) electrons. The van der Waals surface area contributed by atoms with Gasteiger partial charge in [-0.1, -0.05) is 17.7 Å². The Bertz CT molecular complexity index is 1010. The number of aryl methyl sites for hydroxylation is 1. The van der Waals surface area contributed by atoms with Crippen molar-refractivity contribution in [2.75, 3.05) is 25.5 Å². The molecule has 5 heteroatoms. The van der Waals surface area contributed by atoms with Gasteiger partial charge in [-0.05, 0) is 56.7 Å². The second-order valence-electron chi connectivity index (χ2n) is 7.42. The normalized spacial score (nSPS) is 14.5. The molecular weight excluding hydrogens is 362 g/mol. The van der Waals surface area contributed by atoms with Crippen molar-refractivity contribution in [1.29, 1.82) is 0 Å². The summed E-state index contributed by atoms with van der Waals surface area (Å²) in [5, 5.41) is 3.64. The van der Waals surface area contributed by atoms with E-state index in [1.807, 2.05) is 55.1 Å². The van der Waals surface area contributed by atoms with Crippen LogP contribution in [0.1, 0.15) is 41.0 Å². The summed E-state index contributed by atoms with van der Waals surface area (Å²) in [4.78, 5) is 14.8. The lowest BCUT2D eigenvalue weighted by atomic mass is 10.0. The third-order valence-electron chi connectivity index (χ3n) is 5.59. The molecule has 5 nitrogen and oxygen atoms in total. The summed E-state index contributed by atoms with van der Waals surface area (Å²) in [5.41, 5.74) is 5.27. The van der Waals surface area contributed by atoms with Crippen LogP contribution in [0.4, 0.5) is 5.69 Å². The fourth-order valence-corrected chi connectivity index (χ4v) is 3.91. The number of carbonyl (C=O) groups excluding carboxylic acids is 1. The van der Waals surface area contributed by atoms with Crippen molar-refractivity contribution in [2.45, 2.75) is 26.3 Å². The molecule has 0 saturated heterocycles. The molecule has 150 valence electrons. The summed E-state index contributed by atoms with van der Waals surface area (Å²) in [6.07, 6.45) is 2.91. The maximum absolute atomic E-state index is 12.9. The first kappa shape index (κ1) is 19.1. The third-order valence-corrected chi connectivity index (χ3v) is 5.59. The highest BCUT2D eigenvalue weighted by Crippen LogP contribution is 2.37. The van der Waals surface area contributed by atoms with Gasteiger partial charge in [0.1, 0.15) is 5.75 Å². The largest absolute Gasteiger partial charge is 0.497 e. The van der Waals surface area contributed by atoms with Crippen LogP contribution < -0.4 is 10.1 Å². The molecule has 2 heterocycles. The standard InChI is InChI=1S/C24H27N3O2/c1-4-26(24(28)18-9-7-17(2)8-10-18)15-13-20-22-6-5-14-27(22)23-12-11-19(29-3)16-21(23)25-20/h5-12,14,16,20,25H,4,13,15H2,1-3H3. The molecule has 1 amide bonds. The van der Waals surface area contributed by atoms with Crippen molar-refractivity contribution in [1.82, 2.24) is 9.47 Å². The highest BCUT2D eigenvalue weighted by atomic mass is 16.5. The van der Waals surface area contributed by atoms with E-state index in [2.05, 4.69) is 34.3 Å². The summed E-state index contributed by atoms with van der Waals surface area (Å²) in [6.45, 7) is 5.43. The molecule has 0 spiro atoms. The minimum absolute atomic E-state index is 0.0840. The van der Waals surface area contributed by atoms with Gasteiger partial charge in [-0.15, -0.1) is 0 Å². The number of hydrogen-bond donors (Lipinski definition) is 1. The summed E-state index contributed by atoms with van der Waals surface area (Å²) in [5.74, 6) is 0.913. The monoisotopic (exact) mass is 389 g/mol. The molecular formula is C24H27N3O2. The number of methoxy groups -OCH3 is 1. The minimum Gasteiger partial charge on any atom is -0.497 e. The zero-order valence-electron chi connectivity index (χ0n) is 17.2. The van der Waals surface area contributed by atoms with Gasteiger partial charge in [0.2, 0.25) is 0 Å². The quantitative estimate of drug-likeness (QED) is 0.658. The van der Waals surface area contributed by atoms with Crippen molar-refractivity contribution >= 4 is 11.6 Å². The molecule has 4 rings (SSSR count). The minimum atomic E-state index is 0.0840. The Labute approximate surface area is 171 Å². The predicted molar refractivity (Wildman–Crippen MR) is 116 cm³/mol. The lowest BCUT2D eigenvalue weighted by molar-refractivity contribution is 0.0760. The number of nitrogens with one attached hydrogen (secondary N) is 1. The predicted octanol–water partition coefficient (Wildman–Crippen LogP) is 4.81. The van der Waals surface area contributed by atoms with Crippen LogP contribution in [0.3, 0.4) is 0 Å². The average Bonchev–Trinajstić information content (AvgIpc) is 3.24. The first-order valence-corrected chi connectivity index (χ1v) is 10.1. The van der Waals surface area contributed by atoms with E-state index in [1.165, 1.54) is 5.69 Å². The van der Waals surface area contributed by atoms with Gasteiger partial charge in [-0.25, -0.2) is 0 Å². The van der Waals surface area contributed by atoms with Gasteiger partial charge in [0.05, 0.1) is 24.5 Å². The molecule has 1 atom stereocenters. The SMILES string of the molecule is CCN(CCC1Nc2cc(OC)ccc2-n2cccc21)C(=O)c1ccc(C)cc1. The van der Waals surface area contributed by atoms with Crippen LogP contribution >= 0.6 is 0 Å². The van der Waals surface area contributed by atoms with Crippen LogP contribution in [-0.2, 0) is 0 Å². The summed E-state index contributed by atoms with van der Waals surface area (Å²) >= 11 is 0. The Hall–Kier alpha value is -3.21. The number of anilines is 1.